The fourth-order valence-corrected chi connectivity index (χ4v) is 3.83. The van der Waals surface area contributed by atoms with Crippen LogP contribution < -0.4 is 0 Å². The smallest absolute Gasteiger partial charge is 0.323 e. The molecule has 1 amide bonds. The Morgan fingerprint density at radius 2 is 1.54 bits per heavy atom. The van der Waals surface area contributed by atoms with Crippen LogP contribution in [-0.4, -0.2) is 49.2 Å². The number of carboxylic acids is 1. The zero-order valence-electron chi connectivity index (χ0n) is 21.9. The molecule has 1 aliphatic rings. The van der Waals surface area contributed by atoms with Crippen LogP contribution in [0, 0.1) is 0 Å². The summed E-state index contributed by atoms with van der Waals surface area (Å²) >= 11 is 0. The number of rotatable bonds is 6. The summed E-state index contributed by atoms with van der Waals surface area (Å²) in [5, 5.41) is 13.9. The maximum Gasteiger partial charge on any atom is 0.323 e. The van der Waals surface area contributed by atoms with Crippen molar-refractivity contribution < 1.29 is 14.7 Å². The average molecular weight is 481 g/mol. The van der Waals surface area contributed by atoms with Crippen molar-refractivity contribution in [2.75, 3.05) is 6.54 Å². The first-order valence-electron chi connectivity index (χ1n) is 12.7. The van der Waals surface area contributed by atoms with Gasteiger partial charge in [0.2, 0.25) is 0 Å². The Balaban J connectivity index is 0.000000949. The van der Waals surface area contributed by atoms with Gasteiger partial charge in [-0.3, -0.25) is 9.59 Å². The van der Waals surface area contributed by atoms with Crippen LogP contribution in [0.2, 0.25) is 0 Å². The molecule has 0 atom stereocenters. The van der Waals surface area contributed by atoms with Gasteiger partial charge < -0.3 is 10.0 Å². The van der Waals surface area contributed by atoms with Crippen molar-refractivity contribution in [2.45, 2.75) is 73.3 Å². The van der Waals surface area contributed by atoms with Crippen molar-refractivity contribution in [3.63, 3.8) is 0 Å². The van der Waals surface area contributed by atoms with Crippen molar-refractivity contribution in [2.24, 2.45) is 0 Å². The van der Waals surface area contributed by atoms with E-state index < -0.39 is 5.97 Å². The van der Waals surface area contributed by atoms with E-state index in [2.05, 4.69) is 10.1 Å². The van der Waals surface area contributed by atoms with Gasteiger partial charge in [0.25, 0.3) is 5.91 Å². The number of hydrogen-bond acceptors (Lipinski definition) is 4. The highest BCUT2D eigenvalue weighted by Gasteiger charge is 2.31. The number of aliphatic carboxylic acids is 1. The van der Waals surface area contributed by atoms with E-state index in [0.29, 0.717) is 5.82 Å². The van der Waals surface area contributed by atoms with Crippen LogP contribution >= 0.6 is 0 Å². The molecule has 1 fully saturated rings. The van der Waals surface area contributed by atoms with E-state index in [1.807, 2.05) is 90.1 Å². The molecule has 190 valence electrons. The van der Waals surface area contributed by atoms with Crippen LogP contribution in [0.3, 0.4) is 0 Å². The molecule has 0 spiro atoms. The molecular formula is C28H40N4O3. The van der Waals surface area contributed by atoms with Gasteiger partial charge in [-0.2, -0.15) is 5.10 Å². The lowest BCUT2D eigenvalue weighted by Crippen LogP contribution is -2.42. The first-order valence-corrected chi connectivity index (χ1v) is 12.7. The second-order valence-corrected chi connectivity index (χ2v) is 7.15. The third-order valence-electron chi connectivity index (χ3n) is 5.20. The summed E-state index contributed by atoms with van der Waals surface area (Å²) in [6.07, 6.45) is 5.33. The molecule has 35 heavy (non-hydrogen) atoms. The van der Waals surface area contributed by atoms with Gasteiger partial charge in [0, 0.05) is 17.8 Å². The topological polar surface area (TPSA) is 88.3 Å². The fourth-order valence-electron chi connectivity index (χ4n) is 3.83. The maximum absolute atomic E-state index is 13.3. The van der Waals surface area contributed by atoms with E-state index in [9.17, 15) is 14.7 Å². The standard InChI is InChI=1S/C22H22N4O3.3C2H6/c27-21(28)15-25(17-10-4-5-11-17)22(29)18-14-19(16-8-2-1-3-9-16)26(24-18)20-12-6-7-13-23-20;3*1-2/h1-3,6-9,12-14,17H,4-5,10-11,15H2,(H,27,28);3*1-2H3. The second-order valence-electron chi connectivity index (χ2n) is 7.15. The second kappa shape index (κ2) is 16.2. The number of amides is 1. The Morgan fingerprint density at radius 3 is 2.09 bits per heavy atom. The van der Waals surface area contributed by atoms with Crippen molar-refractivity contribution in [3.05, 3.63) is 66.5 Å². The third-order valence-corrected chi connectivity index (χ3v) is 5.20. The van der Waals surface area contributed by atoms with Gasteiger partial charge in [-0.05, 0) is 31.0 Å². The molecule has 2 heterocycles. The molecule has 1 saturated carbocycles. The summed E-state index contributed by atoms with van der Waals surface area (Å²) in [7, 11) is 0. The van der Waals surface area contributed by atoms with Crippen LogP contribution in [0.15, 0.2) is 60.8 Å². The van der Waals surface area contributed by atoms with E-state index in [1.165, 1.54) is 4.90 Å². The SMILES string of the molecule is CC.CC.CC.O=C(O)CN(C(=O)c1cc(-c2ccccc2)n(-c2ccccn2)n1)C1CCCC1. The lowest BCUT2D eigenvalue weighted by Gasteiger charge is -2.26. The number of benzene rings is 1. The Kier molecular flexibility index (Phi) is 13.7. The van der Waals surface area contributed by atoms with Crippen molar-refractivity contribution in [1.29, 1.82) is 0 Å². The molecule has 2 aromatic heterocycles. The summed E-state index contributed by atoms with van der Waals surface area (Å²) < 4.78 is 1.64. The van der Waals surface area contributed by atoms with Gasteiger partial charge in [-0.15, -0.1) is 0 Å². The molecule has 1 N–H and O–H groups in total. The van der Waals surface area contributed by atoms with Gasteiger partial charge in [0.1, 0.15) is 6.54 Å². The van der Waals surface area contributed by atoms with Crippen LogP contribution in [0.5, 0.6) is 0 Å². The van der Waals surface area contributed by atoms with E-state index in [4.69, 9.17) is 0 Å². The number of nitrogens with zero attached hydrogens (tertiary/aromatic N) is 4. The molecule has 7 nitrogen and oxygen atoms in total. The minimum atomic E-state index is -1.02. The lowest BCUT2D eigenvalue weighted by molar-refractivity contribution is -0.138. The average Bonchev–Trinajstić information content (AvgIpc) is 3.62. The highest BCUT2D eigenvalue weighted by Crippen LogP contribution is 2.27. The molecule has 0 unspecified atom stereocenters. The number of carboxylic acid groups (broad SMARTS) is 1. The van der Waals surface area contributed by atoms with Crippen LogP contribution in [0.25, 0.3) is 17.1 Å². The summed E-state index contributed by atoms with van der Waals surface area (Å²) in [6, 6.07) is 16.8. The Labute approximate surface area is 209 Å². The molecule has 1 aromatic carbocycles. The monoisotopic (exact) mass is 480 g/mol. The van der Waals surface area contributed by atoms with E-state index in [1.54, 1.807) is 16.9 Å². The molecular weight excluding hydrogens is 440 g/mol. The molecule has 3 aromatic rings. The van der Waals surface area contributed by atoms with Gasteiger partial charge >= 0.3 is 5.97 Å². The zero-order valence-corrected chi connectivity index (χ0v) is 21.9. The minimum Gasteiger partial charge on any atom is -0.480 e. The largest absolute Gasteiger partial charge is 0.480 e. The van der Waals surface area contributed by atoms with E-state index in [0.717, 1.165) is 36.9 Å². The minimum absolute atomic E-state index is 0.0567. The molecule has 0 radical (unpaired) electrons. The summed E-state index contributed by atoms with van der Waals surface area (Å²) in [6.45, 7) is 11.7. The number of aromatic nitrogens is 3. The first-order chi connectivity index (χ1) is 17.1. The summed E-state index contributed by atoms with van der Waals surface area (Å²) in [5.41, 5.74) is 1.85. The number of pyridine rings is 1. The molecule has 4 rings (SSSR count). The van der Waals surface area contributed by atoms with Crippen molar-refractivity contribution in [3.8, 4) is 17.1 Å². The number of carbonyl (C=O) groups excluding carboxylic acids is 1. The summed E-state index contributed by atoms with van der Waals surface area (Å²) in [5.74, 6) is -0.778. The highest BCUT2D eigenvalue weighted by atomic mass is 16.4. The maximum atomic E-state index is 13.3. The van der Waals surface area contributed by atoms with Crippen LogP contribution in [0.4, 0.5) is 0 Å². The van der Waals surface area contributed by atoms with Gasteiger partial charge in [-0.25, -0.2) is 9.67 Å². The Bertz CT molecular complexity index is 941. The number of hydrogen-bond donors (Lipinski definition) is 1. The molecule has 0 bridgehead atoms. The number of carbonyl (C=O) groups is 2. The van der Waals surface area contributed by atoms with Crippen molar-refractivity contribution in [1.82, 2.24) is 19.7 Å². The molecule has 0 saturated heterocycles. The normalized spacial score (nSPS) is 12.2. The van der Waals surface area contributed by atoms with Gasteiger partial charge in [-0.1, -0.05) is 90.8 Å². The first kappa shape index (κ1) is 29.6. The van der Waals surface area contributed by atoms with Crippen LogP contribution in [-0.2, 0) is 4.79 Å². The van der Waals surface area contributed by atoms with E-state index >= 15 is 0 Å². The highest BCUT2D eigenvalue weighted by molar-refractivity contribution is 5.95. The lowest BCUT2D eigenvalue weighted by atomic mass is 10.1. The fraction of sp³-hybridized carbons (Fsp3) is 0.429. The quantitative estimate of drug-likeness (QED) is 0.436. The van der Waals surface area contributed by atoms with Gasteiger partial charge in [0.05, 0.1) is 5.69 Å². The molecule has 7 heteroatoms. The predicted molar refractivity (Wildman–Crippen MR) is 142 cm³/mol. The third kappa shape index (κ3) is 8.05. The summed E-state index contributed by atoms with van der Waals surface area (Å²) in [4.78, 5) is 30.5. The Morgan fingerprint density at radius 1 is 0.943 bits per heavy atom. The predicted octanol–water partition coefficient (Wildman–Crippen LogP) is 6.48. The zero-order chi connectivity index (χ0) is 26.2. The van der Waals surface area contributed by atoms with Crippen molar-refractivity contribution >= 4 is 11.9 Å². The van der Waals surface area contributed by atoms with Crippen LogP contribution in [0.1, 0.15) is 77.7 Å². The van der Waals surface area contributed by atoms with E-state index in [-0.39, 0.29) is 24.2 Å². The van der Waals surface area contributed by atoms with Gasteiger partial charge in [0.15, 0.2) is 11.5 Å². The Hall–Kier alpha value is -3.48. The molecule has 0 aliphatic heterocycles. The molecule has 1 aliphatic carbocycles.